The number of hydrogen-bond acceptors (Lipinski definition) is 4. The molecule has 0 aliphatic heterocycles. The van der Waals surface area contributed by atoms with Crippen molar-refractivity contribution in [3.05, 3.63) is 65.7 Å². The molecule has 2 aromatic carbocycles. The van der Waals surface area contributed by atoms with Crippen molar-refractivity contribution in [2.45, 2.75) is 23.7 Å². The topological polar surface area (TPSA) is 46.5 Å². The summed E-state index contributed by atoms with van der Waals surface area (Å²) in [6.45, 7) is 2.19. The Kier molecular flexibility index (Phi) is 5.84. The first-order valence-electron chi connectivity index (χ1n) is 6.82. The highest BCUT2D eigenvalue weighted by molar-refractivity contribution is 8.00. The first-order valence-corrected chi connectivity index (χ1v) is 7.70. The van der Waals surface area contributed by atoms with E-state index in [9.17, 15) is 4.79 Å². The van der Waals surface area contributed by atoms with Gasteiger partial charge >= 0.3 is 5.97 Å². The van der Waals surface area contributed by atoms with Gasteiger partial charge in [-0.1, -0.05) is 42.5 Å². The highest BCUT2D eigenvalue weighted by Crippen LogP contribution is 2.36. The number of rotatable bonds is 6. The Balaban J connectivity index is 2.21. The summed E-state index contributed by atoms with van der Waals surface area (Å²) in [5, 5.41) is 8.68. The minimum absolute atomic E-state index is 0.0188. The van der Waals surface area contributed by atoms with Crippen LogP contribution in [-0.4, -0.2) is 17.7 Å². The molecule has 0 aliphatic rings. The number of benzene rings is 2. The summed E-state index contributed by atoms with van der Waals surface area (Å²) < 4.78 is 5.18. The van der Waals surface area contributed by atoms with Gasteiger partial charge in [-0.25, -0.2) is 0 Å². The number of esters is 1. The molecule has 2 aromatic rings. The molecule has 3 nitrogen and oxygen atoms in total. The SMILES string of the molecule is CCOC(=O)C(Sc1ccc(CO)cc1)c1ccccc1. The molecule has 0 amide bonds. The predicted octanol–water partition coefficient (Wildman–Crippen LogP) is 3.58. The number of carbonyl (C=O) groups excluding carboxylic acids is 1. The smallest absolute Gasteiger partial charge is 0.323 e. The second-order valence-electron chi connectivity index (χ2n) is 4.46. The van der Waals surface area contributed by atoms with Crippen molar-refractivity contribution >= 4 is 17.7 Å². The van der Waals surface area contributed by atoms with Crippen LogP contribution in [0.3, 0.4) is 0 Å². The van der Waals surface area contributed by atoms with Crippen LogP contribution in [0.4, 0.5) is 0 Å². The molecule has 1 atom stereocenters. The highest BCUT2D eigenvalue weighted by atomic mass is 32.2. The Morgan fingerprint density at radius 2 is 1.81 bits per heavy atom. The maximum Gasteiger partial charge on any atom is 0.323 e. The second kappa shape index (κ2) is 7.86. The van der Waals surface area contributed by atoms with Crippen LogP contribution in [0.1, 0.15) is 23.3 Å². The van der Waals surface area contributed by atoms with Crippen molar-refractivity contribution in [1.29, 1.82) is 0 Å². The number of carbonyl (C=O) groups is 1. The summed E-state index contributed by atoms with van der Waals surface area (Å²) >= 11 is 1.45. The van der Waals surface area contributed by atoms with Crippen molar-refractivity contribution in [1.82, 2.24) is 0 Å². The standard InChI is InChI=1S/C17H18O3S/c1-2-20-17(19)16(14-6-4-3-5-7-14)21-15-10-8-13(12-18)9-11-15/h3-11,16,18H,2,12H2,1H3. The molecule has 0 fully saturated rings. The summed E-state index contributed by atoms with van der Waals surface area (Å²) in [7, 11) is 0. The quantitative estimate of drug-likeness (QED) is 0.654. The lowest BCUT2D eigenvalue weighted by atomic mass is 10.1. The van der Waals surface area contributed by atoms with Gasteiger partial charge in [-0.3, -0.25) is 4.79 Å². The van der Waals surface area contributed by atoms with Gasteiger partial charge in [-0.05, 0) is 30.2 Å². The van der Waals surface area contributed by atoms with Crippen molar-refractivity contribution < 1.29 is 14.6 Å². The third kappa shape index (κ3) is 4.34. The maximum absolute atomic E-state index is 12.2. The van der Waals surface area contributed by atoms with Gasteiger partial charge < -0.3 is 9.84 Å². The van der Waals surface area contributed by atoms with Gasteiger partial charge in [0.05, 0.1) is 13.2 Å². The Labute approximate surface area is 129 Å². The predicted molar refractivity (Wildman–Crippen MR) is 84.0 cm³/mol. The molecule has 0 radical (unpaired) electrons. The van der Waals surface area contributed by atoms with E-state index in [1.807, 2.05) is 54.6 Å². The van der Waals surface area contributed by atoms with E-state index < -0.39 is 0 Å². The normalized spacial score (nSPS) is 11.9. The van der Waals surface area contributed by atoms with Crippen LogP contribution in [0.25, 0.3) is 0 Å². The summed E-state index contributed by atoms with van der Waals surface area (Å²) in [6.07, 6.45) is 0. The fraction of sp³-hybridized carbons (Fsp3) is 0.235. The molecule has 0 saturated heterocycles. The van der Waals surface area contributed by atoms with E-state index in [-0.39, 0.29) is 17.8 Å². The first kappa shape index (κ1) is 15.6. The van der Waals surface area contributed by atoms with E-state index in [1.54, 1.807) is 6.92 Å². The van der Waals surface area contributed by atoms with Crippen molar-refractivity contribution in [2.24, 2.45) is 0 Å². The molecule has 0 spiro atoms. The molecule has 0 aliphatic carbocycles. The summed E-state index contributed by atoms with van der Waals surface area (Å²) in [4.78, 5) is 13.2. The third-order valence-corrected chi connectivity index (χ3v) is 4.21. The fourth-order valence-electron chi connectivity index (χ4n) is 1.91. The van der Waals surface area contributed by atoms with Gasteiger partial charge in [0, 0.05) is 4.90 Å². The Hall–Kier alpha value is -1.78. The summed E-state index contributed by atoms with van der Waals surface area (Å²) in [6, 6.07) is 17.1. The number of aliphatic hydroxyl groups is 1. The molecular formula is C17H18O3S. The van der Waals surface area contributed by atoms with E-state index in [4.69, 9.17) is 9.84 Å². The van der Waals surface area contributed by atoms with Gasteiger partial charge in [-0.2, -0.15) is 0 Å². The Morgan fingerprint density at radius 3 is 2.38 bits per heavy atom. The zero-order valence-electron chi connectivity index (χ0n) is 11.9. The van der Waals surface area contributed by atoms with Crippen LogP contribution in [0.15, 0.2) is 59.5 Å². The van der Waals surface area contributed by atoms with E-state index in [2.05, 4.69) is 0 Å². The molecule has 1 N–H and O–H groups in total. The Morgan fingerprint density at radius 1 is 1.14 bits per heavy atom. The fourth-order valence-corrected chi connectivity index (χ4v) is 2.93. The summed E-state index contributed by atoms with van der Waals surface area (Å²) in [5.74, 6) is -0.236. The average molecular weight is 302 g/mol. The monoisotopic (exact) mass is 302 g/mol. The zero-order valence-corrected chi connectivity index (χ0v) is 12.7. The molecule has 2 rings (SSSR count). The largest absolute Gasteiger partial charge is 0.465 e. The van der Waals surface area contributed by atoms with Crippen LogP contribution in [0.2, 0.25) is 0 Å². The highest BCUT2D eigenvalue weighted by Gasteiger charge is 2.23. The minimum atomic E-state index is -0.383. The molecule has 4 heteroatoms. The van der Waals surface area contributed by atoms with Gasteiger partial charge in [0.1, 0.15) is 5.25 Å². The summed E-state index contributed by atoms with van der Waals surface area (Å²) in [5.41, 5.74) is 1.78. The van der Waals surface area contributed by atoms with Gasteiger partial charge in [0.15, 0.2) is 0 Å². The molecule has 21 heavy (non-hydrogen) atoms. The number of ether oxygens (including phenoxy) is 1. The lowest BCUT2D eigenvalue weighted by molar-refractivity contribution is -0.142. The van der Waals surface area contributed by atoms with Crippen LogP contribution in [0.5, 0.6) is 0 Å². The third-order valence-electron chi connectivity index (χ3n) is 2.96. The van der Waals surface area contributed by atoms with Crippen molar-refractivity contribution in [2.75, 3.05) is 6.61 Å². The lowest BCUT2D eigenvalue weighted by Crippen LogP contribution is -2.13. The van der Waals surface area contributed by atoms with Crippen LogP contribution >= 0.6 is 11.8 Å². The minimum Gasteiger partial charge on any atom is -0.465 e. The molecule has 1 unspecified atom stereocenters. The molecule has 110 valence electrons. The molecule has 0 heterocycles. The van der Waals surface area contributed by atoms with Crippen molar-refractivity contribution in [3.63, 3.8) is 0 Å². The van der Waals surface area contributed by atoms with Gasteiger partial charge in [0.2, 0.25) is 0 Å². The number of aliphatic hydroxyl groups excluding tert-OH is 1. The number of hydrogen-bond donors (Lipinski definition) is 1. The molecule has 0 aromatic heterocycles. The first-order chi connectivity index (χ1) is 10.2. The van der Waals surface area contributed by atoms with Gasteiger partial charge in [0.25, 0.3) is 0 Å². The maximum atomic E-state index is 12.2. The van der Waals surface area contributed by atoms with E-state index in [0.29, 0.717) is 6.61 Å². The zero-order chi connectivity index (χ0) is 15.1. The number of thioether (sulfide) groups is 1. The van der Waals surface area contributed by atoms with Crippen LogP contribution in [0, 0.1) is 0 Å². The van der Waals surface area contributed by atoms with Crippen LogP contribution < -0.4 is 0 Å². The molecular weight excluding hydrogens is 284 g/mol. The van der Waals surface area contributed by atoms with E-state index in [1.165, 1.54) is 11.8 Å². The van der Waals surface area contributed by atoms with E-state index >= 15 is 0 Å². The van der Waals surface area contributed by atoms with Crippen LogP contribution in [-0.2, 0) is 16.1 Å². The van der Waals surface area contributed by atoms with Gasteiger partial charge in [-0.15, -0.1) is 11.8 Å². The van der Waals surface area contributed by atoms with E-state index in [0.717, 1.165) is 16.0 Å². The average Bonchev–Trinajstić information content (AvgIpc) is 2.54. The lowest BCUT2D eigenvalue weighted by Gasteiger charge is -2.15. The molecule has 0 saturated carbocycles. The molecule has 0 bridgehead atoms. The Bertz CT molecular complexity index is 566. The second-order valence-corrected chi connectivity index (χ2v) is 5.64. The van der Waals surface area contributed by atoms with Crippen molar-refractivity contribution in [3.8, 4) is 0 Å².